The Bertz CT molecular complexity index is 1400. The van der Waals surface area contributed by atoms with Crippen LogP contribution in [0.3, 0.4) is 0 Å². The number of anilines is 1. The van der Waals surface area contributed by atoms with Gasteiger partial charge in [0, 0.05) is 16.3 Å². The number of rotatable bonds is 7. The van der Waals surface area contributed by atoms with Crippen molar-refractivity contribution < 1.29 is 29.3 Å². The Morgan fingerprint density at radius 3 is 2.51 bits per heavy atom. The molecule has 1 heterocycles. The van der Waals surface area contributed by atoms with Crippen LogP contribution in [0.5, 0.6) is 17.2 Å². The first-order valence-electron chi connectivity index (χ1n) is 11.9. The maximum Gasteiger partial charge on any atom is 0.300 e. The molecular weight excluding hydrogens is 494 g/mol. The molecule has 0 aliphatic carbocycles. The zero-order valence-corrected chi connectivity index (χ0v) is 21.7. The maximum atomic E-state index is 13.4. The number of Topliss-reactive ketones (excluding diaryl/α,β-unsaturated/α-hetero) is 1. The fraction of sp³-hybridized carbons (Fsp3) is 0.241. The van der Waals surface area contributed by atoms with Crippen LogP contribution in [0.2, 0.25) is 5.02 Å². The molecule has 1 fully saturated rings. The molecule has 4 rings (SSSR count). The molecule has 1 amide bonds. The molecule has 3 aromatic rings. The molecule has 7 nitrogen and oxygen atoms in total. The van der Waals surface area contributed by atoms with Crippen LogP contribution >= 0.6 is 11.6 Å². The van der Waals surface area contributed by atoms with Crippen LogP contribution < -0.4 is 14.4 Å². The third-order valence-corrected chi connectivity index (χ3v) is 6.36. The van der Waals surface area contributed by atoms with Gasteiger partial charge in [-0.1, -0.05) is 35.9 Å². The van der Waals surface area contributed by atoms with Crippen molar-refractivity contribution in [3.63, 3.8) is 0 Å². The van der Waals surface area contributed by atoms with Gasteiger partial charge in [-0.25, -0.2) is 0 Å². The number of phenols is 1. The van der Waals surface area contributed by atoms with Gasteiger partial charge in [-0.3, -0.25) is 14.5 Å². The molecule has 0 aromatic heterocycles. The van der Waals surface area contributed by atoms with Crippen LogP contribution in [-0.4, -0.2) is 34.6 Å². The first kappa shape index (κ1) is 26.1. The van der Waals surface area contributed by atoms with Gasteiger partial charge in [0.1, 0.15) is 11.5 Å². The van der Waals surface area contributed by atoms with Gasteiger partial charge in [0.2, 0.25) is 0 Å². The predicted octanol–water partition coefficient (Wildman–Crippen LogP) is 6.17. The number of aliphatic hydroxyl groups excluding tert-OH is 1. The lowest BCUT2D eigenvalue weighted by atomic mass is 9.94. The Labute approximate surface area is 220 Å². The fourth-order valence-electron chi connectivity index (χ4n) is 4.26. The lowest BCUT2D eigenvalue weighted by Crippen LogP contribution is -2.29. The van der Waals surface area contributed by atoms with Gasteiger partial charge in [-0.15, -0.1) is 0 Å². The van der Waals surface area contributed by atoms with Crippen molar-refractivity contribution in [3.05, 3.63) is 87.9 Å². The van der Waals surface area contributed by atoms with Crippen molar-refractivity contribution in [1.29, 1.82) is 0 Å². The quantitative estimate of drug-likeness (QED) is 0.219. The number of carbonyl (C=O) groups is 2. The minimum Gasteiger partial charge on any atom is -0.507 e. The smallest absolute Gasteiger partial charge is 0.300 e. The number of phenolic OH excluding ortho intramolecular Hbond substituents is 1. The largest absolute Gasteiger partial charge is 0.507 e. The van der Waals surface area contributed by atoms with Crippen LogP contribution in [0.4, 0.5) is 5.69 Å². The van der Waals surface area contributed by atoms with Gasteiger partial charge < -0.3 is 19.7 Å². The van der Waals surface area contributed by atoms with Crippen LogP contribution in [0.1, 0.15) is 43.5 Å². The number of nitrogens with zero attached hydrogens (tertiary/aromatic N) is 1. The Morgan fingerprint density at radius 2 is 1.84 bits per heavy atom. The summed E-state index contributed by atoms with van der Waals surface area (Å²) in [6, 6.07) is 15.3. The summed E-state index contributed by atoms with van der Waals surface area (Å²) in [6.45, 7) is 7.67. The topological polar surface area (TPSA) is 96.3 Å². The molecule has 1 aliphatic heterocycles. The number of ketones is 1. The number of aryl methyl sites for hydroxylation is 1. The Balaban J connectivity index is 1.94. The highest BCUT2D eigenvalue weighted by Gasteiger charge is 2.47. The van der Waals surface area contributed by atoms with E-state index < -0.39 is 17.7 Å². The van der Waals surface area contributed by atoms with Crippen molar-refractivity contribution in [2.45, 2.75) is 39.8 Å². The summed E-state index contributed by atoms with van der Waals surface area (Å²) < 4.78 is 11.3. The second kappa shape index (κ2) is 10.6. The summed E-state index contributed by atoms with van der Waals surface area (Å²) in [5.41, 5.74) is 1.89. The van der Waals surface area contributed by atoms with Gasteiger partial charge >= 0.3 is 0 Å². The number of amides is 1. The molecule has 0 saturated carbocycles. The third kappa shape index (κ3) is 5.13. The summed E-state index contributed by atoms with van der Waals surface area (Å²) in [6.07, 6.45) is -0.0942. The molecule has 1 atom stereocenters. The zero-order valence-electron chi connectivity index (χ0n) is 21.0. The molecule has 0 bridgehead atoms. The SMILES string of the molecule is CCOc1cc(C2/C(=C(\O)c3cccc(OC(C)C)c3)C(=O)C(=O)N2c2ccc(C)c(Cl)c2)ccc1O. The molecule has 0 spiro atoms. The average Bonchev–Trinajstić information content (AvgIpc) is 3.12. The number of hydrogen-bond acceptors (Lipinski definition) is 6. The maximum absolute atomic E-state index is 13.4. The van der Waals surface area contributed by atoms with Gasteiger partial charge in [0.15, 0.2) is 11.5 Å². The predicted molar refractivity (Wildman–Crippen MR) is 142 cm³/mol. The second-order valence-corrected chi connectivity index (χ2v) is 9.36. The van der Waals surface area contributed by atoms with Gasteiger partial charge in [-0.05, 0) is 75.2 Å². The summed E-state index contributed by atoms with van der Waals surface area (Å²) in [7, 11) is 0. The van der Waals surface area contributed by atoms with Crippen molar-refractivity contribution in [1.82, 2.24) is 0 Å². The van der Waals surface area contributed by atoms with Crippen LogP contribution in [0.15, 0.2) is 66.2 Å². The molecule has 2 N–H and O–H groups in total. The molecule has 192 valence electrons. The normalized spacial score (nSPS) is 16.9. The highest BCUT2D eigenvalue weighted by Crippen LogP contribution is 2.44. The van der Waals surface area contributed by atoms with Crippen molar-refractivity contribution in [2.24, 2.45) is 0 Å². The number of ether oxygens (including phenoxy) is 2. The lowest BCUT2D eigenvalue weighted by molar-refractivity contribution is -0.132. The molecule has 3 aromatic carbocycles. The van der Waals surface area contributed by atoms with E-state index in [9.17, 15) is 19.8 Å². The number of hydrogen-bond donors (Lipinski definition) is 2. The summed E-state index contributed by atoms with van der Waals surface area (Å²) in [5.74, 6) is -1.38. The van der Waals surface area contributed by atoms with E-state index in [1.165, 1.54) is 11.0 Å². The van der Waals surface area contributed by atoms with Gasteiger partial charge in [-0.2, -0.15) is 0 Å². The number of carbonyl (C=O) groups excluding carboxylic acids is 2. The molecule has 8 heteroatoms. The van der Waals surface area contributed by atoms with E-state index in [1.54, 1.807) is 61.5 Å². The van der Waals surface area contributed by atoms with E-state index in [2.05, 4.69) is 0 Å². The van der Waals surface area contributed by atoms with Gasteiger partial charge in [0.25, 0.3) is 11.7 Å². The monoisotopic (exact) mass is 521 g/mol. The second-order valence-electron chi connectivity index (χ2n) is 8.96. The average molecular weight is 522 g/mol. The van der Waals surface area contributed by atoms with Crippen LogP contribution in [0, 0.1) is 6.92 Å². The van der Waals surface area contributed by atoms with E-state index in [4.69, 9.17) is 21.1 Å². The summed E-state index contributed by atoms with van der Waals surface area (Å²) in [5, 5.41) is 22.1. The standard InChI is InChI=1S/C29H28ClNO6/c1-5-36-24-14-18(10-12-23(24)32)26-25(27(33)19-7-6-8-21(13-19)37-16(2)3)28(34)29(35)31(26)20-11-9-17(4)22(30)15-20/h6-16,26,32-33H,5H2,1-4H3/b27-25+. The van der Waals surface area contributed by atoms with E-state index in [0.29, 0.717) is 34.2 Å². The molecule has 1 aliphatic rings. The minimum atomic E-state index is -1.01. The van der Waals surface area contributed by atoms with Crippen molar-refractivity contribution in [3.8, 4) is 17.2 Å². The van der Waals surface area contributed by atoms with E-state index in [0.717, 1.165) is 5.56 Å². The molecule has 37 heavy (non-hydrogen) atoms. The molecule has 1 unspecified atom stereocenters. The highest BCUT2D eigenvalue weighted by molar-refractivity contribution is 6.51. The van der Waals surface area contributed by atoms with E-state index >= 15 is 0 Å². The molecule has 1 saturated heterocycles. The van der Waals surface area contributed by atoms with Crippen LogP contribution in [-0.2, 0) is 9.59 Å². The van der Waals surface area contributed by atoms with E-state index in [-0.39, 0.29) is 28.9 Å². The lowest BCUT2D eigenvalue weighted by Gasteiger charge is -2.26. The van der Waals surface area contributed by atoms with Crippen molar-refractivity contribution in [2.75, 3.05) is 11.5 Å². The molecular formula is C29H28ClNO6. The number of halogens is 1. The first-order chi connectivity index (χ1) is 17.6. The van der Waals surface area contributed by atoms with Crippen LogP contribution in [0.25, 0.3) is 5.76 Å². The number of benzene rings is 3. The van der Waals surface area contributed by atoms with E-state index in [1.807, 2.05) is 20.8 Å². The number of aliphatic hydroxyl groups is 1. The fourth-order valence-corrected chi connectivity index (χ4v) is 4.44. The summed E-state index contributed by atoms with van der Waals surface area (Å²) >= 11 is 6.36. The Kier molecular flexibility index (Phi) is 7.45. The highest BCUT2D eigenvalue weighted by atomic mass is 35.5. The third-order valence-electron chi connectivity index (χ3n) is 5.96. The first-order valence-corrected chi connectivity index (χ1v) is 12.3. The van der Waals surface area contributed by atoms with Crippen molar-refractivity contribution >= 4 is 34.7 Å². The van der Waals surface area contributed by atoms with Gasteiger partial charge in [0.05, 0.1) is 24.3 Å². The molecule has 0 radical (unpaired) electrons. The minimum absolute atomic E-state index is 0.0838. The zero-order chi connectivity index (χ0) is 26.9. The Morgan fingerprint density at radius 1 is 1.08 bits per heavy atom. The number of aromatic hydroxyl groups is 1. The summed E-state index contributed by atoms with van der Waals surface area (Å²) in [4.78, 5) is 28.1. The Hall–Kier alpha value is -3.97.